The minimum absolute atomic E-state index is 0.00232. The largest absolute Gasteiger partial charge is 0.387 e. The highest BCUT2D eigenvalue weighted by molar-refractivity contribution is 5.20. The lowest BCUT2D eigenvalue weighted by Crippen LogP contribution is -2.06. The molecule has 0 amide bonds. The van der Waals surface area contributed by atoms with Crippen LogP contribution in [0.5, 0.6) is 0 Å². The first-order chi connectivity index (χ1) is 9.75. The molecule has 1 aromatic carbocycles. The van der Waals surface area contributed by atoms with Crippen LogP contribution in [0.15, 0.2) is 30.3 Å². The van der Waals surface area contributed by atoms with E-state index in [2.05, 4.69) is 18.8 Å². The van der Waals surface area contributed by atoms with Gasteiger partial charge in [-0.05, 0) is 18.9 Å². The third-order valence-electron chi connectivity index (χ3n) is 3.60. The summed E-state index contributed by atoms with van der Waals surface area (Å²) in [6.45, 7) is 4.23. The van der Waals surface area contributed by atoms with Crippen LogP contribution >= 0.6 is 0 Å². The molecule has 1 nitrogen and oxygen atoms in total. The quantitative estimate of drug-likeness (QED) is 0.515. The Bertz CT molecular complexity index is 399. The van der Waals surface area contributed by atoms with Gasteiger partial charge in [-0.2, -0.15) is 0 Å². The second-order valence-electron chi connectivity index (χ2n) is 5.48. The molecule has 0 radical (unpaired) electrons. The Morgan fingerprint density at radius 1 is 1.00 bits per heavy atom. The van der Waals surface area contributed by atoms with Gasteiger partial charge in [-0.25, -0.2) is 0 Å². The van der Waals surface area contributed by atoms with E-state index in [9.17, 15) is 5.11 Å². The first kappa shape index (κ1) is 16.8. The second-order valence-corrected chi connectivity index (χ2v) is 5.48. The third kappa shape index (κ3) is 6.78. The summed E-state index contributed by atoms with van der Waals surface area (Å²) >= 11 is 0. The van der Waals surface area contributed by atoms with Crippen LogP contribution in [0.3, 0.4) is 0 Å². The van der Waals surface area contributed by atoms with E-state index in [1.165, 1.54) is 38.5 Å². The maximum atomic E-state index is 10.2. The fourth-order valence-electron chi connectivity index (χ4n) is 2.24. The summed E-state index contributed by atoms with van der Waals surface area (Å²) in [5.41, 5.74) is 0.953. The van der Waals surface area contributed by atoms with Crippen molar-refractivity contribution in [2.24, 2.45) is 5.92 Å². The summed E-state index contributed by atoms with van der Waals surface area (Å²) < 4.78 is 0. The number of aliphatic hydroxyl groups is 1. The molecule has 0 bridgehead atoms. The number of unbranched alkanes of at least 4 members (excludes halogenated alkanes) is 6. The Hall–Kier alpha value is -1.26. The van der Waals surface area contributed by atoms with Crippen molar-refractivity contribution < 1.29 is 5.11 Å². The van der Waals surface area contributed by atoms with Gasteiger partial charge in [0.1, 0.15) is 0 Å². The van der Waals surface area contributed by atoms with Gasteiger partial charge >= 0.3 is 0 Å². The Morgan fingerprint density at radius 3 is 2.35 bits per heavy atom. The van der Waals surface area contributed by atoms with Crippen molar-refractivity contribution in [1.82, 2.24) is 0 Å². The molecule has 20 heavy (non-hydrogen) atoms. The molecular formula is C19H28O. The molecule has 0 aliphatic carbocycles. The van der Waals surface area contributed by atoms with Crippen LogP contribution in [-0.4, -0.2) is 5.11 Å². The van der Waals surface area contributed by atoms with Gasteiger partial charge in [0.15, 0.2) is 0 Å². The van der Waals surface area contributed by atoms with Crippen molar-refractivity contribution in [1.29, 1.82) is 0 Å². The molecule has 0 heterocycles. The summed E-state index contributed by atoms with van der Waals surface area (Å²) in [5.74, 6) is 6.40. The van der Waals surface area contributed by atoms with Gasteiger partial charge in [-0.1, -0.05) is 75.3 Å². The maximum absolute atomic E-state index is 10.2. The van der Waals surface area contributed by atoms with Crippen LogP contribution in [0.1, 0.15) is 70.5 Å². The van der Waals surface area contributed by atoms with E-state index in [1.54, 1.807) is 0 Å². The Balaban J connectivity index is 2.22. The smallest absolute Gasteiger partial charge is 0.0924 e. The van der Waals surface area contributed by atoms with Crippen LogP contribution in [0.4, 0.5) is 0 Å². The predicted molar refractivity (Wildman–Crippen MR) is 86.3 cm³/mol. The highest BCUT2D eigenvalue weighted by Crippen LogP contribution is 2.20. The highest BCUT2D eigenvalue weighted by Gasteiger charge is 2.13. The molecule has 2 atom stereocenters. The van der Waals surface area contributed by atoms with Gasteiger partial charge in [0.05, 0.1) is 6.10 Å². The van der Waals surface area contributed by atoms with Crippen molar-refractivity contribution in [2.45, 2.75) is 64.9 Å². The van der Waals surface area contributed by atoms with Crippen LogP contribution in [-0.2, 0) is 0 Å². The van der Waals surface area contributed by atoms with E-state index < -0.39 is 6.10 Å². The highest BCUT2D eigenvalue weighted by atomic mass is 16.3. The SMILES string of the molecule is CCCCCCCCC#C[C@@H](C)C(O)c1ccccc1. The summed E-state index contributed by atoms with van der Waals surface area (Å²) in [7, 11) is 0. The number of rotatable bonds is 8. The van der Waals surface area contributed by atoms with Gasteiger partial charge in [-0.3, -0.25) is 0 Å². The zero-order valence-electron chi connectivity index (χ0n) is 12.9. The predicted octanol–water partition coefficient (Wildman–Crippen LogP) is 5.11. The lowest BCUT2D eigenvalue weighted by atomic mass is 9.98. The van der Waals surface area contributed by atoms with Gasteiger partial charge in [0.2, 0.25) is 0 Å². The molecule has 0 saturated heterocycles. The minimum atomic E-state index is -0.478. The Kier molecular flexibility index (Phi) is 8.83. The normalized spacial score (nSPS) is 13.3. The van der Waals surface area contributed by atoms with Crippen LogP contribution in [0.2, 0.25) is 0 Å². The van der Waals surface area contributed by atoms with E-state index in [-0.39, 0.29) is 5.92 Å². The number of hydrogen-bond donors (Lipinski definition) is 1. The van der Waals surface area contributed by atoms with E-state index >= 15 is 0 Å². The van der Waals surface area contributed by atoms with Crippen molar-refractivity contribution in [2.75, 3.05) is 0 Å². The van der Waals surface area contributed by atoms with Crippen LogP contribution in [0, 0.1) is 17.8 Å². The second kappa shape index (κ2) is 10.5. The van der Waals surface area contributed by atoms with Gasteiger partial charge in [0, 0.05) is 12.3 Å². The van der Waals surface area contributed by atoms with E-state index in [0.29, 0.717) is 0 Å². The van der Waals surface area contributed by atoms with Crippen molar-refractivity contribution in [3.8, 4) is 11.8 Å². The number of aliphatic hydroxyl groups excluding tert-OH is 1. The standard InChI is InChI=1S/C19H28O/c1-3-4-5-6-7-8-9-11-14-17(2)19(20)18-15-12-10-13-16-18/h10,12-13,15-17,19-20H,3-9H2,1-2H3/t17-,19?/m1/s1. The molecule has 1 unspecified atom stereocenters. The summed E-state index contributed by atoms with van der Waals surface area (Å²) in [6.07, 6.45) is 8.28. The number of benzene rings is 1. The first-order valence-corrected chi connectivity index (χ1v) is 7.97. The molecule has 1 N–H and O–H groups in total. The average molecular weight is 272 g/mol. The van der Waals surface area contributed by atoms with Crippen LogP contribution in [0.25, 0.3) is 0 Å². The van der Waals surface area contributed by atoms with Crippen molar-refractivity contribution in [3.63, 3.8) is 0 Å². The molecule has 110 valence electrons. The molecule has 0 aliphatic heterocycles. The average Bonchev–Trinajstić information content (AvgIpc) is 2.50. The molecule has 1 aromatic rings. The Morgan fingerprint density at radius 2 is 1.65 bits per heavy atom. The molecule has 0 fully saturated rings. The minimum Gasteiger partial charge on any atom is -0.387 e. The monoisotopic (exact) mass is 272 g/mol. The van der Waals surface area contributed by atoms with Crippen LogP contribution < -0.4 is 0 Å². The van der Waals surface area contributed by atoms with E-state index in [4.69, 9.17) is 0 Å². The fraction of sp³-hybridized carbons (Fsp3) is 0.579. The zero-order chi connectivity index (χ0) is 14.6. The fourth-order valence-corrected chi connectivity index (χ4v) is 2.24. The summed E-state index contributed by atoms with van der Waals surface area (Å²) in [5, 5.41) is 10.2. The molecule has 1 rings (SSSR count). The van der Waals surface area contributed by atoms with E-state index in [1.807, 2.05) is 37.3 Å². The van der Waals surface area contributed by atoms with E-state index in [0.717, 1.165) is 12.0 Å². The zero-order valence-corrected chi connectivity index (χ0v) is 12.9. The van der Waals surface area contributed by atoms with Crippen molar-refractivity contribution >= 4 is 0 Å². The van der Waals surface area contributed by atoms with Gasteiger partial charge in [-0.15, -0.1) is 5.92 Å². The molecule has 0 aliphatic rings. The van der Waals surface area contributed by atoms with Gasteiger partial charge < -0.3 is 5.11 Å². The van der Waals surface area contributed by atoms with Crippen molar-refractivity contribution in [3.05, 3.63) is 35.9 Å². The molecule has 0 saturated carbocycles. The number of hydrogen-bond acceptors (Lipinski definition) is 1. The summed E-state index contributed by atoms with van der Waals surface area (Å²) in [4.78, 5) is 0. The lowest BCUT2D eigenvalue weighted by Gasteiger charge is -2.13. The lowest BCUT2D eigenvalue weighted by molar-refractivity contribution is 0.143. The molecule has 0 spiro atoms. The van der Waals surface area contributed by atoms with Gasteiger partial charge in [0.25, 0.3) is 0 Å². The Labute approximate surface area is 124 Å². The maximum Gasteiger partial charge on any atom is 0.0924 e. The summed E-state index contributed by atoms with van der Waals surface area (Å²) in [6, 6.07) is 9.78. The topological polar surface area (TPSA) is 20.2 Å². The molecular weight excluding hydrogens is 244 g/mol. The molecule has 1 heteroatoms. The first-order valence-electron chi connectivity index (χ1n) is 7.97. The molecule has 0 aromatic heterocycles. The third-order valence-corrected chi connectivity index (χ3v) is 3.60.